The Kier molecular flexibility index (Phi) is 7.91. The third-order valence-corrected chi connectivity index (χ3v) is 7.38. The lowest BCUT2D eigenvalue weighted by Gasteiger charge is -2.51. The molecule has 0 aliphatic heterocycles. The third-order valence-electron chi connectivity index (χ3n) is 7.38. The van der Waals surface area contributed by atoms with Crippen molar-refractivity contribution in [1.29, 1.82) is 0 Å². The molecule has 2 aliphatic carbocycles. The topological polar surface area (TPSA) is 38.0 Å². The van der Waals surface area contributed by atoms with Crippen molar-refractivity contribution in [3.8, 4) is 0 Å². The van der Waals surface area contributed by atoms with E-state index in [0.717, 1.165) is 17.5 Å². The molecule has 0 saturated heterocycles. The van der Waals surface area contributed by atoms with E-state index in [1.807, 2.05) is 6.07 Å². The van der Waals surface area contributed by atoms with Gasteiger partial charge in [0.2, 0.25) is 0 Å². The van der Waals surface area contributed by atoms with Crippen molar-refractivity contribution >= 4 is 11.4 Å². The summed E-state index contributed by atoms with van der Waals surface area (Å²) < 4.78 is 0. The molecule has 0 unspecified atom stereocenters. The molecule has 0 spiro atoms. The van der Waals surface area contributed by atoms with Gasteiger partial charge in [0.1, 0.15) is 0 Å². The molecular formula is C25H42N2. The van der Waals surface area contributed by atoms with Crippen molar-refractivity contribution in [1.82, 2.24) is 0 Å². The number of hydrogen-bond acceptors (Lipinski definition) is 2. The molecule has 152 valence electrons. The first kappa shape index (κ1) is 20.6. The maximum absolute atomic E-state index is 6.13. The van der Waals surface area contributed by atoms with Crippen LogP contribution in [0, 0.1) is 11.8 Å². The first-order valence-corrected chi connectivity index (χ1v) is 11.9. The summed E-state index contributed by atoms with van der Waals surface area (Å²) in [5.74, 6) is 1.66. The lowest BCUT2D eigenvalue weighted by Crippen LogP contribution is -2.53. The minimum atomic E-state index is 0.280. The Morgan fingerprint density at radius 2 is 1.52 bits per heavy atom. The van der Waals surface area contributed by atoms with Gasteiger partial charge in [0.25, 0.3) is 0 Å². The second kappa shape index (κ2) is 10.4. The molecule has 3 rings (SSSR count). The van der Waals surface area contributed by atoms with E-state index in [-0.39, 0.29) is 5.54 Å². The lowest BCUT2D eigenvalue weighted by molar-refractivity contribution is 0.112. The second-order valence-corrected chi connectivity index (χ2v) is 9.27. The van der Waals surface area contributed by atoms with Gasteiger partial charge in [-0.3, -0.25) is 0 Å². The Balaban J connectivity index is 1.88. The number of anilines is 2. The van der Waals surface area contributed by atoms with Gasteiger partial charge in [-0.25, -0.2) is 0 Å². The molecule has 0 heterocycles. The van der Waals surface area contributed by atoms with Gasteiger partial charge >= 0.3 is 0 Å². The highest BCUT2D eigenvalue weighted by Crippen LogP contribution is 2.47. The predicted octanol–water partition coefficient (Wildman–Crippen LogP) is 7.55. The standard InChI is InChI=1S/C25H42N2/c1-2-3-4-11-19-25(21-13-7-5-8-14-21,22-15-9-6-10-16-22)27-24-18-12-17-23(26)20-24/h12,17-18,20-22,27H,2-11,13-16,19,26H2,1H3. The van der Waals surface area contributed by atoms with Crippen LogP contribution in [0.5, 0.6) is 0 Å². The quantitative estimate of drug-likeness (QED) is 0.348. The first-order valence-electron chi connectivity index (χ1n) is 11.9. The molecule has 2 aliphatic rings. The van der Waals surface area contributed by atoms with E-state index in [1.54, 1.807) is 0 Å². The highest BCUT2D eigenvalue weighted by atomic mass is 15.0. The van der Waals surface area contributed by atoms with Crippen LogP contribution in [0.25, 0.3) is 0 Å². The van der Waals surface area contributed by atoms with E-state index in [1.165, 1.54) is 102 Å². The molecule has 3 N–H and O–H groups in total. The Labute approximate surface area is 167 Å². The average Bonchev–Trinajstić information content (AvgIpc) is 2.72. The Bertz CT molecular complexity index is 523. The smallest absolute Gasteiger partial charge is 0.0429 e. The van der Waals surface area contributed by atoms with Crippen molar-refractivity contribution in [2.24, 2.45) is 11.8 Å². The van der Waals surface area contributed by atoms with Crippen LogP contribution in [0.4, 0.5) is 11.4 Å². The number of nitrogens with one attached hydrogen (secondary N) is 1. The molecule has 27 heavy (non-hydrogen) atoms. The van der Waals surface area contributed by atoms with Crippen LogP contribution in [0.15, 0.2) is 24.3 Å². The normalized spacial score (nSPS) is 19.9. The van der Waals surface area contributed by atoms with Gasteiger partial charge in [0.05, 0.1) is 0 Å². The van der Waals surface area contributed by atoms with Crippen LogP contribution in [0.2, 0.25) is 0 Å². The molecule has 2 nitrogen and oxygen atoms in total. The van der Waals surface area contributed by atoms with Gasteiger partial charge in [-0.15, -0.1) is 0 Å². The number of nitrogens with two attached hydrogens (primary N) is 1. The molecule has 1 aromatic carbocycles. The highest BCUT2D eigenvalue weighted by molar-refractivity contribution is 5.55. The molecule has 0 bridgehead atoms. The van der Waals surface area contributed by atoms with E-state index < -0.39 is 0 Å². The van der Waals surface area contributed by atoms with E-state index >= 15 is 0 Å². The molecule has 2 heteroatoms. The summed E-state index contributed by atoms with van der Waals surface area (Å²) in [5.41, 5.74) is 8.55. The summed E-state index contributed by atoms with van der Waals surface area (Å²) in [4.78, 5) is 0. The van der Waals surface area contributed by atoms with Crippen LogP contribution >= 0.6 is 0 Å². The van der Waals surface area contributed by atoms with Crippen molar-refractivity contribution in [3.05, 3.63) is 24.3 Å². The van der Waals surface area contributed by atoms with E-state index in [9.17, 15) is 0 Å². The second-order valence-electron chi connectivity index (χ2n) is 9.27. The number of rotatable bonds is 9. The predicted molar refractivity (Wildman–Crippen MR) is 119 cm³/mol. The summed E-state index contributed by atoms with van der Waals surface area (Å²) in [6.45, 7) is 2.32. The zero-order chi connectivity index (χ0) is 19.0. The Morgan fingerprint density at radius 1 is 0.889 bits per heavy atom. The third kappa shape index (κ3) is 5.42. The minimum Gasteiger partial charge on any atom is -0.399 e. The summed E-state index contributed by atoms with van der Waals surface area (Å²) in [7, 11) is 0. The molecule has 0 amide bonds. The monoisotopic (exact) mass is 370 g/mol. The van der Waals surface area contributed by atoms with Gasteiger partial charge < -0.3 is 11.1 Å². The Hall–Kier alpha value is -1.18. The van der Waals surface area contributed by atoms with Crippen LogP contribution in [0.1, 0.15) is 103 Å². The maximum atomic E-state index is 6.13. The van der Waals surface area contributed by atoms with E-state index in [0.29, 0.717) is 0 Å². The summed E-state index contributed by atoms with van der Waals surface area (Å²) in [6, 6.07) is 8.52. The Morgan fingerprint density at radius 3 is 2.07 bits per heavy atom. The molecule has 0 aromatic heterocycles. The zero-order valence-electron chi connectivity index (χ0n) is 17.6. The summed E-state index contributed by atoms with van der Waals surface area (Å²) >= 11 is 0. The number of nitrogen functional groups attached to an aromatic ring is 1. The largest absolute Gasteiger partial charge is 0.399 e. The van der Waals surface area contributed by atoms with Crippen LogP contribution in [0.3, 0.4) is 0 Å². The van der Waals surface area contributed by atoms with Crippen molar-refractivity contribution < 1.29 is 0 Å². The van der Waals surface area contributed by atoms with Crippen LogP contribution in [-0.4, -0.2) is 5.54 Å². The van der Waals surface area contributed by atoms with Crippen LogP contribution in [-0.2, 0) is 0 Å². The van der Waals surface area contributed by atoms with Crippen molar-refractivity contribution in [3.63, 3.8) is 0 Å². The summed E-state index contributed by atoms with van der Waals surface area (Å²) in [6.07, 6.45) is 21.0. The molecule has 2 saturated carbocycles. The molecule has 0 radical (unpaired) electrons. The van der Waals surface area contributed by atoms with Gasteiger partial charge in [-0.2, -0.15) is 0 Å². The number of benzene rings is 1. The van der Waals surface area contributed by atoms with E-state index in [2.05, 4.69) is 30.4 Å². The highest BCUT2D eigenvalue weighted by Gasteiger charge is 2.45. The van der Waals surface area contributed by atoms with E-state index in [4.69, 9.17) is 5.73 Å². The van der Waals surface area contributed by atoms with Gasteiger partial charge in [0, 0.05) is 16.9 Å². The lowest BCUT2D eigenvalue weighted by atomic mass is 9.62. The van der Waals surface area contributed by atoms with Crippen molar-refractivity contribution in [2.45, 2.75) is 109 Å². The molecular weight excluding hydrogens is 328 g/mol. The average molecular weight is 371 g/mol. The molecule has 2 fully saturated rings. The maximum Gasteiger partial charge on any atom is 0.0429 e. The van der Waals surface area contributed by atoms with Crippen molar-refractivity contribution in [2.75, 3.05) is 11.1 Å². The number of unbranched alkanes of at least 4 members (excludes halogenated alkanes) is 3. The fourth-order valence-corrected chi connectivity index (χ4v) is 5.97. The summed E-state index contributed by atoms with van der Waals surface area (Å²) in [5, 5.41) is 4.17. The minimum absolute atomic E-state index is 0.280. The fraction of sp³-hybridized carbons (Fsp3) is 0.760. The van der Waals surface area contributed by atoms with Gasteiger partial charge in [0.15, 0.2) is 0 Å². The zero-order valence-corrected chi connectivity index (χ0v) is 17.6. The molecule has 1 aromatic rings. The SMILES string of the molecule is CCCCCCC(Nc1cccc(N)c1)(C1CCCCC1)C1CCCCC1. The fourth-order valence-electron chi connectivity index (χ4n) is 5.97. The number of hydrogen-bond donors (Lipinski definition) is 2. The van der Waals surface area contributed by atoms with Gasteiger partial charge in [-0.1, -0.05) is 77.2 Å². The van der Waals surface area contributed by atoms with Gasteiger partial charge in [-0.05, 0) is 62.1 Å². The first-order chi connectivity index (χ1) is 13.2. The van der Waals surface area contributed by atoms with Crippen LogP contribution < -0.4 is 11.1 Å². The molecule has 0 atom stereocenters.